The van der Waals surface area contributed by atoms with Crippen molar-refractivity contribution in [3.8, 4) is 0 Å². The Labute approximate surface area is 153 Å². The number of para-hydroxylation sites is 2. The molecule has 1 N–H and O–H groups in total. The lowest BCUT2D eigenvalue weighted by molar-refractivity contribution is -0.384. The molecule has 2 aromatic heterocycles. The number of nitrogens with one attached hydrogen (secondary N) is 1. The fraction of sp³-hybridized carbons (Fsp3) is 0.111. The van der Waals surface area contributed by atoms with Crippen LogP contribution in [0, 0.1) is 10.1 Å². The van der Waals surface area contributed by atoms with Gasteiger partial charge in [-0.1, -0.05) is 18.2 Å². The zero-order valence-corrected chi connectivity index (χ0v) is 14.3. The molecule has 1 aliphatic heterocycles. The van der Waals surface area contributed by atoms with E-state index in [9.17, 15) is 14.9 Å². The van der Waals surface area contributed by atoms with Crippen LogP contribution in [-0.2, 0) is 6.54 Å². The maximum atomic E-state index is 12.9. The molecular formula is C18H14N4O3S. The molecule has 0 spiro atoms. The molecule has 0 bridgehead atoms. The minimum absolute atomic E-state index is 0.0413. The standard InChI is InChI=1S/C18H14N4O3S/c23-18-13-6-3-9-19-16(13)17(21(18)11-12-5-4-10-26-12)20-14-7-1-2-8-15(14)22(24)25/h1-10,17,20H,11H2/t17-/m1/s1. The first-order valence-corrected chi connectivity index (χ1v) is 8.81. The predicted octanol–water partition coefficient (Wildman–Crippen LogP) is 3.82. The van der Waals surface area contributed by atoms with Gasteiger partial charge in [0.15, 0.2) is 0 Å². The van der Waals surface area contributed by atoms with E-state index in [1.165, 1.54) is 6.07 Å². The number of rotatable bonds is 5. The minimum Gasteiger partial charge on any atom is -0.354 e. The fourth-order valence-electron chi connectivity index (χ4n) is 3.02. The number of nitro groups is 1. The second kappa shape index (κ2) is 6.57. The van der Waals surface area contributed by atoms with E-state index in [0.717, 1.165) is 4.88 Å². The highest BCUT2D eigenvalue weighted by molar-refractivity contribution is 7.09. The van der Waals surface area contributed by atoms with Gasteiger partial charge in [0.25, 0.3) is 11.6 Å². The molecule has 0 aliphatic carbocycles. The number of nitrogens with zero attached hydrogens (tertiary/aromatic N) is 3. The van der Waals surface area contributed by atoms with Gasteiger partial charge in [0.1, 0.15) is 11.9 Å². The average molecular weight is 366 g/mol. The van der Waals surface area contributed by atoms with Gasteiger partial charge in [-0.05, 0) is 29.6 Å². The zero-order valence-electron chi connectivity index (χ0n) is 13.5. The van der Waals surface area contributed by atoms with Crippen LogP contribution in [0.25, 0.3) is 0 Å². The van der Waals surface area contributed by atoms with E-state index in [2.05, 4.69) is 10.3 Å². The summed E-state index contributed by atoms with van der Waals surface area (Å²) in [6.07, 6.45) is 1.05. The Morgan fingerprint density at radius 1 is 1.19 bits per heavy atom. The van der Waals surface area contributed by atoms with Crippen LogP contribution in [0.5, 0.6) is 0 Å². The zero-order chi connectivity index (χ0) is 18.1. The SMILES string of the molecule is O=C1c2cccnc2[C@H](Nc2ccccc2[N+](=O)[O-])N1Cc1cccs1. The number of carbonyl (C=O) groups excluding carboxylic acids is 1. The highest BCUT2D eigenvalue weighted by Crippen LogP contribution is 2.36. The lowest BCUT2D eigenvalue weighted by Crippen LogP contribution is -2.32. The summed E-state index contributed by atoms with van der Waals surface area (Å²) in [5, 5.41) is 16.4. The third-order valence-electron chi connectivity index (χ3n) is 4.20. The summed E-state index contributed by atoms with van der Waals surface area (Å²) in [6, 6.07) is 13.7. The van der Waals surface area contributed by atoms with Crippen molar-refractivity contribution >= 4 is 28.6 Å². The van der Waals surface area contributed by atoms with Crippen LogP contribution in [-0.4, -0.2) is 20.7 Å². The van der Waals surface area contributed by atoms with Crippen LogP contribution in [0.3, 0.4) is 0 Å². The third-order valence-corrected chi connectivity index (χ3v) is 5.06. The van der Waals surface area contributed by atoms with E-state index in [1.807, 2.05) is 17.5 Å². The minimum atomic E-state index is -0.568. The first-order valence-electron chi connectivity index (χ1n) is 7.93. The van der Waals surface area contributed by atoms with Gasteiger partial charge in [0.2, 0.25) is 0 Å². The molecule has 1 aromatic carbocycles. The lowest BCUT2D eigenvalue weighted by atomic mass is 10.2. The topological polar surface area (TPSA) is 88.4 Å². The van der Waals surface area contributed by atoms with Crippen molar-refractivity contribution in [3.63, 3.8) is 0 Å². The number of aromatic nitrogens is 1. The molecule has 3 aromatic rings. The number of fused-ring (bicyclic) bond motifs is 1. The number of anilines is 1. The van der Waals surface area contributed by atoms with Crippen LogP contribution < -0.4 is 5.32 Å². The summed E-state index contributed by atoms with van der Waals surface area (Å²) in [4.78, 5) is 30.8. The summed E-state index contributed by atoms with van der Waals surface area (Å²) in [6.45, 7) is 0.408. The smallest absolute Gasteiger partial charge is 0.292 e. The van der Waals surface area contributed by atoms with E-state index in [-0.39, 0.29) is 11.6 Å². The van der Waals surface area contributed by atoms with Crippen molar-refractivity contribution in [2.75, 3.05) is 5.32 Å². The lowest BCUT2D eigenvalue weighted by Gasteiger charge is -2.26. The summed E-state index contributed by atoms with van der Waals surface area (Å²) in [5.74, 6) is -0.141. The molecule has 0 fully saturated rings. The van der Waals surface area contributed by atoms with Gasteiger partial charge >= 0.3 is 0 Å². The van der Waals surface area contributed by atoms with E-state index < -0.39 is 11.1 Å². The molecular weight excluding hydrogens is 352 g/mol. The number of thiophene rings is 1. The average Bonchev–Trinajstić information content (AvgIpc) is 3.25. The molecule has 0 saturated carbocycles. The van der Waals surface area contributed by atoms with Crippen LogP contribution in [0.1, 0.15) is 27.1 Å². The number of pyridine rings is 1. The number of amides is 1. The second-order valence-corrected chi connectivity index (χ2v) is 6.80. The monoisotopic (exact) mass is 366 g/mol. The number of nitro benzene ring substituents is 1. The molecule has 1 aliphatic rings. The largest absolute Gasteiger partial charge is 0.354 e. The van der Waals surface area contributed by atoms with E-state index >= 15 is 0 Å². The quantitative estimate of drug-likeness (QED) is 0.548. The van der Waals surface area contributed by atoms with Gasteiger partial charge in [0, 0.05) is 17.1 Å². The Kier molecular flexibility index (Phi) is 4.10. The van der Waals surface area contributed by atoms with Crippen molar-refractivity contribution in [1.82, 2.24) is 9.88 Å². The van der Waals surface area contributed by atoms with Crippen molar-refractivity contribution in [1.29, 1.82) is 0 Å². The molecule has 0 saturated heterocycles. The van der Waals surface area contributed by atoms with E-state index in [0.29, 0.717) is 23.5 Å². The maximum Gasteiger partial charge on any atom is 0.292 e. The molecule has 3 heterocycles. The predicted molar refractivity (Wildman–Crippen MR) is 97.9 cm³/mol. The van der Waals surface area contributed by atoms with Crippen LogP contribution in [0.2, 0.25) is 0 Å². The molecule has 26 heavy (non-hydrogen) atoms. The van der Waals surface area contributed by atoms with Gasteiger partial charge in [-0.3, -0.25) is 19.9 Å². The first-order chi connectivity index (χ1) is 12.6. The van der Waals surface area contributed by atoms with Crippen LogP contribution in [0.4, 0.5) is 11.4 Å². The van der Waals surface area contributed by atoms with Gasteiger partial charge < -0.3 is 10.2 Å². The Morgan fingerprint density at radius 3 is 2.81 bits per heavy atom. The Balaban J connectivity index is 1.73. The van der Waals surface area contributed by atoms with Crippen molar-refractivity contribution in [2.45, 2.75) is 12.7 Å². The van der Waals surface area contributed by atoms with Gasteiger partial charge in [-0.2, -0.15) is 0 Å². The maximum absolute atomic E-state index is 12.9. The summed E-state index contributed by atoms with van der Waals surface area (Å²) < 4.78 is 0. The van der Waals surface area contributed by atoms with Crippen LogP contribution >= 0.6 is 11.3 Å². The third kappa shape index (κ3) is 2.80. The van der Waals surface area contributed by atoms with E-state index in [4.69, 9.17) is 0 Å². The molecule has 1 amide bonds. The van der Waals surface area contributed by atoms with Crippen molar-refractivity contribution in [3.05, 3.63) is 86.4 Å². The van der Waals surface area contributed by atoms with Crippen molar-refractivity contribution < 1.29 is 9.72 Å². The molecule has 4 rings (SSSR count). The molecule has 7 nitrogen and oxygen atoms in total. The number of hydrogen-bond donors (Lipinski definition) is 1. The highest BCUT2D eigenvalue weighted by Gasteiger charge is 2.38. The highest BCUT2D eigenvalue weighted by atomic mass is 32.1. The first kappa shape index (κ1) is 16.2. The Bertz CT molecular complexity index is 974. The summed E-state index contributed by atoms with van der Waals surface area (Å²) in [7, 11) is 0. The Hall–Kier alpha value is -3.26. The van der Waals surface area contributed by atoms with Crippen LogP contribution in [0.15, 0.2) is 60.1 Å². The Morgan fingerprint density at radius 2 is 2.04 bits per heavy atom. The van der Waals surface area contributed by atoms with Crippen molar-refractivity contribution in [2.24, 2.45) is 0 Å². The molecule has 1 atom stereocenters. The molecule has 0 radical (unpaired) electrons. The molecule has 130 valence electrons. The van der Waals surface area contributed by atoms with Gasteiger partial charge in [-0.25, -0.2) is 0 Å². The normalized spacial score (nSPS) is 15.8. The number of benzene rings is 1. The molecule has 0 unspecified atom stereocenters. The fourth-order valence-corrected chi connectivity index (χ4v) is 3.72. The second-order valence-electron chi connectivity index (χ2n) is 5.77. The summed E-state index contributed by atoms with van der Waals surface area (Å²) >= 11 is 1.56. The van der Waals surface area contributed by atoms with E-state index in [1.54, 1.807) is 52.8 Å². The molecule has 8 heteroatoms. The number of hydrogen-bond acceptors (Lipinski definition) is 6. The van der Waals surface area contributed by atoms with Gasteiger partial charge in [-0.15, -0.1) is 11.3 Å². The number of carbonyl (C=O) groups is 1. The van der Waals surface area contributed by atoms with Gasteiger partial charge in [0.05, 0.1) is 22.7 Å². The summed E-state index contributed by atoms with van der Waals surface area (Å²) in [5.41, 5.74) is 1.40.